The summed E-state index contributed by atoms with van der Waals surface area (Å²) in [7, 11) is 0. The summed E-state index contributed by atoms with van der Waals surface area (Å²) >= 11 is 3.94. The van der Waals surface area contributed by atoms with Crippen molar-refractivity contribution in [2.24, 2.45) is 0 Å². The lowest BCUT2D eigenvalue weighted by Crippen LogP contribution is -2.13. The molecule has 2 nitrogen and oxygen atoms in total. The van der Waals surface area contributed by atoms with Crippen LogP contribution in [0, 0.1) is 0 Å². The molecule has 0 N–H and O–H groups in total. The molecule has 0 atom stereocenters. The van der Waals surface area contributed by atoms with E-state index in [1.165, 1.54) is 0 Å². The van der Waals surface area contributed by atoms with Crippen LogP contribution in [-0.4, -0.2) is 12.6 Å². The summed E-state index contributed by atoms with van der Waals surface area (Å²) in [6.45, 7) is 3.64. The molecule has 0 fully saturated rings. The van der Waals surface area contributed by atoms with Crippen molar-refractivity contribution in [1.82, 2.24) is 0 Å². The third-order valence-electron chi connectivity index (χ3n) is 2.58. The molecule has 0 heterocycles. The number of thiol groups is 1. The van der Waals surface area contributed by atoms with Crippen molar-refractivity contribution in [3.63, 3.8) is 0 Å². The van der Waals surface area contributed by atoms with E-state index in [-0.39, 0.29) is 17.1 Å². The normalized spacial score (nSPS) is 11.5. The fraction of sp³-hybridized carbons (Fsp3) is 0.462. The second-order valence-electron chi connectivity index (χ2n) is 3.96. The Labute approximate surface area is 115 Å². The van der Waals surface area contributed by atoms with Crippen molar-refractivity contribution in [3.8, 4) is 0 Å². The number of hydrogen-bond donors (Lipinski definition) is 1. The molecule has 0 bridgehead atoms. The van der Waals surface area contributed by atoms with Gasteiger partial charge in [0.25, 0.3) is 0 Å². The van der Waals surface area contributed by atoms with E-state index in [0.717, 1.165) is 12.1 Å². The van der Waals surface area contributed by atoms with Crippen LogP contribution in [-0.2, 0) is 17.3 Å². The number of hydrogen-bond acceptors (Lipinski definition) is 3. The standard InChI is InChI=1S/C13H15F3O2S/c1-3-5-8-9(12(17)18-4-2)6-7-10(11(8)19)13(14,15)16/h6-7,19H,3-5H2,1-2H3. The number of benzene rings is 1. The van der Waals surface area contributed by atoms with Gasteiger partial charge in [0.1, 0.15) is 0 Å². The van der Waals surface area contributed by atoms with E-state index in [0.29, 0.717) is 18.4 Å². The molecule has 0 spiro atoms. The molecule has 1 rings (SSSR count). The summed E-state index contributed by atoms with van der Waals surface area (Å²) in [6.07, 6.45) is -3.52. The minimum atomic E-state index is -4.48. The van der Waals surface area contributed by atoms with Gasteiger partial charge in [-0.3, -0.25) is 0 Å². The monoisotopic (exact) mass is 292 g/mol. The highest BCUT2D eigenvalue weighted by Crippen LogP contribution is 2.37. The molecule has 0 radical (unpaired) electrons. The minimum absolute atomic E-state index is 0.154. The maximum absolute atomic E-state index is 12.8. The number of halogens is 3. The maximum Gasteiger partial charge on any atom is 0.417 e. The van der Waals surface area contributed by atoms with Crippen LogP contribution in [0.5, 0.6) is 0 Å². The van der Waals surface area contributed by atoms with Gasteiger partial charge >= 0.3 is 12.1 Å². The summed E-state index contributed by atoms with van der Waals surface area (Å²) in [5, 5.41) is 0. The van der Waals surface area contributed by atoms with Gasteiger partial charge in [0, 0.05) is 4.90 Å². The molecular formula is C13H15F3O2S. The van der Waals surface area contributed by atoms with E-state index in [1.807, 2.05) is 6.92 Å². The average Bonchev–Trinajstić information content (AvgIpc) is 2.30. The van der Waals surface area contributed by atoms with E-state index < -0.39 is 17.7 Å². The molecule has 0 aromatic heterocycles. The number of alkyl halides is 3. The topological polar surface area (TPSA) is 26.3 Å². The molecule has 0 aliphatic heterocycles. The zero-order valence-electron chi connectivity index (χ0n) is 10.7. The first-order chi connectivity index (χ1) is 8.82. The summed E-state index contributed by atoms with van der Waals surface area (Å²) in [4.78, 5) is 11.5. The minimum Gasteiger partial charge on any atom is -0.462 e. The van der Waals surface area contributed by atoms with Crippen LogP contribution in [0.2, 0.25) is 0 Å². The lowest BCUT2D eigenvalue weighted by Gasteiger charge is -2.16. The first-order valence-electron chi connectivity index (χ1n) is 5.92. The molecule has 1 aromatic rings. The van der Waals surface area contributed by atoms with Crippen LogP contribution in [0.25, 0.3) is 0 Å². The Hall–Kier alpha value is -1.17. The number of esters is 1. The first kappa shape index (κ1) is 15.9. The molecule has 0 amide bonds. The fourth-order valence-corrected chi connectivity index (χ4v) is 2.20. The second kappa shape index (κ2) is 6.32. The van der Waals surface area contributed by atoms with Gasteiger partial charge in [-0.25, -0.2) is 4.79 Å². The number of rotatable bonds is 4. The second-order valence-corrected chi connectivity index (χ2v) is 4.40. The Kier molecular flexibility index (Phi) is 5.29. The van der Waals surface area contributed by atoms with Crippen LogP contribution in [0.1, 0.15) is 41.8 Å². The zero-order chi connectivity index (χ0) is 14.6. The maximum atomic E-state index is 12.8. The predicted molar refractivity (Wildman–Crippen MR) is 68.6 cm³/mol. The van der Waals surface area contributed by atoms with Crippen LogP contribution in [0.4, 0.5) is 13.2 Å². The average molecular weight is 292 g/mol. The molecular weight excluding hydrogens is 277 g/mol. The molecule has 1 aromatic carbocycles. The first-order valence-corrected chi connectivity index (χ1v) is 6.36. The third-order valence-corrected chi connectivity index (χ3v) is 3.09. The van der Waals surface area contributed by atoms with Crippen LogP contribution in [0.15, 0.2) is 17.0 Å². The molecule has 6 heteroatoms. The lowest BCUT2D eigenvalue weighted by molar-refractivity contribution is -0.139. The summed E-state index contributed by atoms with van der Waals surface area (Å²) in [6, 6.07) is 2.03. The largest absolute Gasteiger partial charge is 0.462 e. The molecule has 106 valence electrons. The van der Waals surface area contributed by atoms with E-state index in [1.54, 1.807) is 6.92 Å². The van der Waals surface area contributed by atoms with Gasteiger partial charge in [-0.1, -0.05) is 13.3 Å². The Balaban J connectivity index is 3.35. The van der Waals surface area contributed by atoms with Crippen molar-refractivity contribution in [3.05, 3.63) is 28.8 Å². The SMILES string of the molecule is CCCc1c(C(=O)OCC)ccc(C(F)(F)F)c1S. The molecule has 19 heavy (non-hydrogen) atoms. The molecule has 0 unspecified atom stereocenters. The van der Waals surface area contributed by atoms with Crippen molar-refractivity contribution >= 4 is 18.6 Å². The fourth-order valence-electron chi connectivity index (χ4n) is 1.77. The Morgan fingerprint density at radius 1 is 1.32 bits per heavy atom. The van der Waals surface area contributed by atoms with Gasteiger partial charge in [0.05, 0.1) is 17.7 Å². The van der Waals surface area contributed by atoms with Crippen LogP contribution < -0.4 is 0 Å². The van der Waals surface area contributed by atoms with E-state index in [4.69, 9.17) is 4.74 Å². The summed E-state index contributed by atoms with van der Waals surface area (Å²) in [5.74, 6) is -0.616. The molecule has 0 saturated heterocycles. The predicted octanol–water partition coefficient (Wildman–Crippen LogP) is 4.12. The number of carbonyl (C=O) groups is 1. The summed E-state index contributed by atoms with van der Waals surface area (Å²) in [5.41, 5.74) is -0.381. The number of ether oxygens (including phenoxy) is 1. The quantitative estimate of drug-likeness (QED) is 0.667. The molecule has 0 aliphatic carbocycles. The van der Waals surface area contributed by atoms with Gasteiger partial charge in [-0.05, 0) is 31.0 Å². The molecule has 0 saturated carbocycles. The van der Waals surface area contributed by atoms with Crippen LogP contribution >= 0.6 is 12.6 Å². The Morgan fingerprint density at radius 2 is 1.95 bits per heavy atom. The Morgan fingerprint density at radius 3 is 2.42 bits per heavy atom. The third kappa shape index (κ3) is 3.65. The van der Waals surface area contributed by atoms with Gasteiger partial charge in [0.15, 0.2) is 0 Å². The smallest absolute Gasteiger partial charge is 0.417 e. The summed E-state index contributed by atoms with van der Waals surface area (Å²) < 4.78 is 43.2. The van der Waals surface area contributed by atoms with Crippen molar-refractivity contribution in [2.75, 3.05) is 6.61 Å². The highest BCUT2D eigenvalue weighted by atomic mass is 32.1. The molecule has 0 aliphatic rings. The van der Waals surface area contributed by atoms with Gasteiger partial charge in [0.2, 0.25) is 0 Å². The van der Waals surface area contributed by atoms with E-state index in [9.17, 15) is 18.0 Å². The van der Waals surface area contributed by atoms with Crippen molar-refractivity contribution in [2.45, 2.75) is 37.8 Å². The van der Waals surface area contributed by atoms with Gasteiger partial charge in [-0.15, -0.1) is 12.6 Å². The lowest BCUT2D eigenvalue weighted by atomic mass is 9.99. The van der Waals surface area contributed by atoms with Crippen molar-refractivity contribution < 1.29 is 22.7 Å². The van der Waals surface area contributed by atoms with Gasteiger partial charge < -0.3 is 4.74 Å². The van der Waals surface area contributed by atoms with E-state index >= 15 is 0 Å². The Bertz CT molecular complexity index is 470. The van der Waals surface area contributed by atoms with Gasteiger partial charge in [-0.2, -0.15) is 13.2 Å². The highest BCUT2D eigenvalue weighted by Gasteiger charge is 2.34. The highest BCUT2D eigenvalue weighted by molar-refractivity contribution is 7.80. The zero-order valence-corrected chi connectivity index (χ0v) is 11.6. The van der Waals surface area contributed by atoms with E-state index in [2.05, 4.69) is 12.6 Å². The van der Waals surface area contributed by atoms with Crippen molar-refractivity contribution in [1.29, 1.82) is 0 Å². The van der Waals surface area contributed by atoms with Crippen LogP contribution in [0.3, 0.4) is 0 Å². The number of carbonyl (C=O) groups excluding carboxylic acids is 1.